The largest absolute Gasteiger partial charge is 0.456 e. The minimum absolute atomic E-state index is 0.0167. The topological polar surface area (TPSA) is 43.4 Å². The Morgan fingerprint density at radius 3 is 2.35 bits per heavy atom. The maximum Gasteiger partial charge on any atom is 0.319 e. The van der Waals surface area contributed by atoms with Gasteiger partial charge in [-0.05, 0) is 38.8 Å². The summed E-state index contributed by atoms with van der Waals surface area (Å²) in [5.74, 6) is -0.494. The second-order valence-electron chi connectivity index (χ2n) is 7.12. The van der Waals surface area contributed by atoms with Crippen molar-refractivity contribution < 1.29 is 14.3 Å². The van der Waals surface area contributed by atoms with Crippen molar-refractivity contribution in [1.29, 1.82) is 0 Å². The van der Waals surface area contributed by atoms with Crippen LogP contribution in [-0.2, 0) is 14.3 Å². The molecule has 0 N–H and O–H groups in total. The summed E-state index contributed by atoms with van der Waals surface area (Å²) in [6, 6.07) is 5.12. The molecule has 23 heavy (non-hydrogen) atoms. The molecule has 5 heteroatoms. The average molecular weight is 355 g/mol. The highest BCUT2D eigenvalue weighted by molar-refractivity contribution is 6.35. The molecule has 1 aliphatic carbocycles. The van der Waals surface area contributed by atoms with E-state index in [-0.39, 0.29) is 5.78 Å². The van der Waals surface area contributed by atoms with Crippen LogP contribution in [-0.4, -0.2) is 11.8 Å². The molecule has 1 unspecified atom stereocenters. The summed E-state index contributed by atoms with van der Waals surface area (Å²) in [5.41, 5.74) is -1.10. The molecule has 1 aliphatic heterocycles. The van der Waals surface area contributed by atoms with Crippen molar-refractivity contribution in [3.63, 3.8) is 0 Å². The summed E-state index contributed by atoms with van der Waals surface area (Å²) in [6.07, 6.45) is 3.85. The lowest BCUT2D eigenvalue weighted by atomic mass is 9.59. The zero-order valence-corrected chi connectivity index (χ0v) is 14.8. The van der Waals surface area contributed by atoms with Crippen molar-refractivity contribution in [3.05, 3.63) is 33.8 Å². The molecule has 3 nitrogen and oxygen atoms in total. The molecular weight excluding hydrogens is 335 g/mol. The summed E-state index contributed by atoms with van der Waals surface area (Å²) in [5, 5.41) is 0.956. The van der Waals surface area contributed by atoms with Crippen molar-refractivity contribution in [3.8, 4) is 0 Å². The van der Waals surface area contributed by atoms with Crippen molar-refractivity contribution in [2.75, 3.05) is 0 Å². The molecule has 0 aromatic heterocycles. The molecule has 0 radical (unpaired) electrons. The summed E-state index contributed by atoms with van der Waals surface area (Å²) in [4.78, 5) is 25.6. The average Bonchev–Trinajstić information content (AvgIpc) is 2.51. The molecule has 2 fully saturated rings. The molecule has 1 saturated heterocycles. The van der Waals surface area contributed by atoms with Gasteiger partial charge in [0, 0.05) is 15.6 Å². The smallest absolute Gasteiger partial charge is 0.319 e. The van der Waals surface area contributed by atoms with Crippen LogP contribution in [0.15, 0.2) is 18.2 Å². The van der Waals surface area contributed by atoms with Gasteiger partial charge in [-0.25, -0.2) is 0 Å². The van der Waals surface area contributed by atoms with E-state index in [1.165, 1.54) is 0 Å². The van der Waals surface area contributed by atoms with E-state index in [0.717, 1.165) is 32.1 Å². The fourth-order valence-electron chi connectivity index (χ4n) is 3.95. The highest BCUT2D eigenvalue weighted by atomic mass is 35.5. The third-order valence-electron chi connectivity index (χ3n) is 5.25. The van der Waals surface area contributed by atoms with E-state index in [4.69, 9.17) is 27.9 Å². The van der Waals surface area contributed by atoms with Gasteiger partial charge in [0.25, 0.3) is 0 Å². The number of ether oxygens (including phenoxy) is 1. The summed E-state index contributed by atoms with van der Waals surface area (Å²) in [6.45, 7) is 3.32. The normalized spacial score (nSPS) is 26.2. The van der Waals surface area contributed by atoms with Crippen LogP contribution in [0.25, 0.3) is 0 Å². The summed E-state index contributed by atoms with van der Waals surface area (Å²) >= 11 is 12.3. The number of benzene rings is 1. The standard InChI is InChI=1S/C18H20Cl2O3/c1-17(2)15(21)18(8-4-3-5-9-18)14(23-16(17)22)12-7-6-11(19)10-13(12)20/h6-7,10,14H,3-5,8-9H2,1-2H3. The van der Waals surface area contributed by atoms with Crippen molar-refractivity contribution in [1.82, 2.24) is 0 Å². The Bertz CT molecular complexity index is 660. The van der Waals surface area contributed by atoms with Gasteiger partial charge in [-0.1, -0.05) is 48.5 Å². The van der Waals surface area contributed by atoms with E-state index in [0.29, 0.717) is 15.6 Å². The molecule has 1 saturated carbocycles. The van der Waals surface area contributed by atoms with Crippen LogP contribution in [0, 0.1) is 10.8 Å². The zero-order valence-electron chi connectivity index (χ0n) is 13.3. The minimum Gasteiger partial charge on any atom is -0.456 e. The third-order valence-corrected chi connectivity index (χ3v) is 5.81. The monoisotopic (exact) mass is 354 g/mol. The first-order valence-electron chi connectivity index (χ1n) is 8.00. The lowest BCUT2D eigenvalue weighted by molar-refractivity contribution is -0.192. The number of cyclic esters (lactones) is 1. The quantitative estimate of drug-likeness (QED) is 0.518. The van der Waals surface area contributed by atoms with Crippen LogP contribution in [0.5, 0.6) is 0 Å². The maximum atomic E-state index is 13.2. The van der Waals surface area contributed by atoms with Gasteiger partial charge in [-0.2, -0.15) is 0 Å². The molecule has 3 rings (SSSR count). The van der Waals surface area contributed by atoms with Gasteiger partial charge in [0.15, 0.2) is 5.78 Å². The zero-order chi connectivity index (χ0) is 16.8. The van der Waals surface area contributed by atoms with Crippen LogP contribution < -0.4 is 0 Å². The fraction of sp³-hybridized carbons (Fsp3) is 0.556. The van der Waals surface area contributed by atoms with E-state index >= 15 is 0 Å². The number of hydrogen-bond acceptors (Lipinski definition) is 3. The van der Waals surface area contributed by atoms with E-state index in [1.54, 1.807) is 32.0 Å². The van der Waals surface area contributed by atoms with Gasteiger partial charge in [0.05, 0.1) is 5.41 Å². The van der Waals surface area contributed by atoms with Crippen LogP contribution in [0.2, 0.25) is 10.0 Å². The Morgan fingerprint density at radius 1 is 1.09 bits per heavy atom. The first kappa shape index (κ1) is 16.8. The maximum absolute atomic E-state index is 13.2. The van der Waals surface area contributed by atoms with Gasteiger partial charge in [0.1, 0.15) is 11.5 Å². The van der Waals surface area contributed by atoms with E-state index in [1.807, 2.05) is 0 Å². The second kappa shape index (κ2) is 5.78. The first-order chi connectivity index (χ1) is 10.8. The molecule has 2 aliphatic rings. The Labute approximate surface area is 146 Å². The fourth-order valence-corrected chi connectivity index (χ4v) is 4.46. The predicted molar refractivity (Wildman–Crippen MR) is 89.6 cm³/mol. The number of halogens is 2. The Hall–Kier alpha value is -1.06. The molecule has 124 valence electrons. The molecule has 1 heterocycles. The Morgan fingerprint density at radius 2 is 1.74 bits per heavy atom. The van der Waals surface area contributed by atoms with Gasteiger partial charge in [0.2, 0.25) is 0 Å². The van der Waals surface area contributed by atoms with Gasteiger partial charge in [-0.15, -0.1) is 0 Å². The third kappa shape index (κ3) is 2.58. The molecule has 1 aromatic carbocycles. The lowest BCUT2D eigenvalue weighted by Crippen LogP contribution is -2.55. The van der Waals surface area contributed by atoms with Crippen molar-refractivity contribution >= 4 is 35.0 Å². The number of Topliss-reactive ketones (excluding diaryl/α,β-unsaturated/α-hetero) is 1. The molecular formula is C18H20Cl2O3. The second-order valence-corrected chi connectivity index (χ2v) is 7.97. The summed E-state index contributed by atoms with van der Waals surface area (Å²) < 4.78 is 5.78. The van der Waals surface area contributed by atoms with E-state index in [9.17, 15) is 9.59 Å². The highest BCUT2D eigenvalue weighted by Crippen LogP contribution is 2.56. The molecule has 1 aromatic rings. The van der Waals surface area contributed by atoms with Gasteiger partial charge in [-0.3, -0.25) is 9.59 Å². The molecule has 0 amide bonds. The van der Waals surface area contributed by atoms with Crippen LogP contribution in [0.1, 0.15) is 57.6 Å². The van der Waals surface area contributed by atoms with Gasteiger partial charge >= 0.3 is 5.97 Å². The van der Waals surface area contributed by atoms with E-state index in [2.05, 4.69) is 0 Å². The summed E-state index contributed by atoms with van der Waals surface area (Å²) in [7, 11) is 0. The number of ketones is 1. The number of esters is 1. The van der Waals surface area contributed by atoms with Crippen LogP contribution >= 0.6 is 23.2 Å². The highest BCUT2D eigenvalue weighted by Gasteiger charge is 2.60. The van der Waals surface area contributed by atoms with Crippen molar-refractivity contribution in [2.24, 2.45) is 10.8 Å². The Balaban J connectivity index is 2.12. The molecule has 1 spiro atoms. The number of carbonyl (C=O) groups is 2. The number of rotatable bonds is 1. The number of carbonyl (C=O) groups excluding carboxylic acids is 2. The first-order valence-corrected chi connectivity index (χ1v) is 8.75. The molecule has 1 atom stereocenters. The van der Waals surface area contributed by atoms with E-state index < -0.39 is 22.9 Å². The van der Waals surface area contributed by atoms with Crippen LogP contribution in [0.4, 0.5) is 0 Å². The lowest BCUT2D eigenvalue weighted by Gasteiger charge is -2.49. The molecule has 0 bridgehead atoms. The van der Waals surface area contributed by atoms with Crippen LogP contribution in [0.3, 0.4) is 0 Å². The van der Waals surface area contributed by atoms with Crippen molar-refractivity contribution in [2.45, 2.75) is 52.1 Å². The minimum atomic E-state index is -1.10. The van der Waals surface area contributed by atoms with Gasteiger partial charge < -0.3 is 4.74 Å². The predicted octanol–water partition coefficient (Wildman–Crippen LogP) is 5.14. The Kier molecular flexibility index (Phi) is 4.22. The number of hydrogen-bond donors (Lipinski definition) is 0. The SMILES string of the molecule is CC1(C)C(=O)OC(c2ccc(Cl)cc2Cl)C2(CCCCC2)C1=O.